The fourth-order valence-corrected chi connectivity index (χ4v) is 4.20. The predicted molar refractivity (Wildman–Crippen MR) is 116 cm³/mol. The first-order chi connectivity index (χ1) is 14.6. The molecule has 156 valence electrons. The van der Waals surface area contributed by atoms with E-state index in [0.717, 1.165) is 41.5 Å². The van der Waals surface area contributed by atoms with E-state index in [1.165, 1.54) is 12.1 Å². The molecule has 0 spiro atoms. The Morgan fingerprint density at radius 1 is 1.07 bits per heavy atom. The van der Waals surface area contributed by atoms with E-state index in [1.807, 2.05) is 41.5 Å². The molecule has 5 nitrogen and oxygen atoms in total. The first kappa shape index (κ1) is 20.5. The van der Waals surface area contributed by atoms with E-state index in [1.54, 1.807) is 23.5 Å². The van der Waals surface area contributed by atoms with Crippen LogP contribution in [0.15, 0.2) is 53.9 Å². The van der Waals surface area contributed by atoms with Gasteiger partial charge in [0.15, 0.2) is 6.61 Å². The van der Waals surface area contributed by atoms with Crippen LogP contribution in [0.4, 0.5) is 4.39 Å². The third-order valence-electron chi connectivity index (χ3n) is 5.16. The number of rotatable bonds is 6. The van der Waals surface area contributed by atoms with Crippen molar-refractivity contribution in [2.45, 2.75) is 13.5 Å². The van der Waals surface area contributed by atoms with E-state index in [9.17, 15) is 9.18 Å². The fourth-order valence-electron chi connectivity index (χ4n) is 3.35. The summed E-state index contributed by atoms with van der Waals surface area (Å²) in [4.78, 5) is 21.3. The monoisotopic (exact) mass is 425 g/mol. The second kappa shape index (κ2) is 9.36. The van der Waals surface area contributed by atoms with Crippen LogP contribution in [0.1, 0.15) is 10.6 Å². The van der Waals surface area contributed by atoms with Gasteiger partial charge in [0.2, 0.25) is 0 Å². The number of carbonyl (C=O) groups is 1. The maximum atomic E-state index is 13.1. The third-order valence-corrected chi connectivity index (χ3v) is 5.99. The Morgan fingerprint density at radius 3 is 2.47 bits per heavy atom. The van der Waals surface area contributed by atoms with Gasteiger partial charge in [-0.25, -0.2) is 9.37 Å². The van der Waals surface area contributed by atoms with Crippen LogP contribution in [0, 0.1) is 12.7 Å². The predicted octanol–water partition coefficient (Wildman–Crippen LogP) is 3.98. The number of carbonyl (C=O) groups excluding carboxylic acids is 1. The number of halogens is 1. The summed E-state index contributed by atoms with van der Waals surface area (Å²) in [7, 11) is 0. The lowest BCUT2D eigenvalue weighted by molar-refractivity contribution is -0.135. The standard InChI is InChI=1S/C23H24FN3O2S/c1-17-2-8-20(9-3-17)29-15-23(28)27-12-10-26(11-13-27)14-22-25-21(16-30-22)18-4-6-19(24)7-5-18/h2-9,16H,10-15H2,1H3. The Morgan fingerprint density at radius 2 is 1.77 bits per heavy atom. The van der Waals surface area contributed by atoms with Crippen LogP contribution in [-0.2, 0) is 11.3 Å². The molecule has 0 saturated carbocycles. The van der Waals surface area contributed by atoms with E-state index >= 15 is 0 Å². The largest absolute Gasteiger partial charge is 0.484 e. The molecule has 2 heterocycles. The molecule has 0 N–H and O–H groups in total. The van der Waals surface area contributed by atoms with Gasteiger partial charge in [-0.2, -0.15) is 0 Å². The van der Waals surface area contributed by atoms with Gasteiger partial charge in [-0.1, -0.05) is 17.7 Å². The van der Waals surface area contributed by atoms with Crippen LogP contribution >= 0.6 is 11.3 Å². The first-order valence-electron chi connectivity index (χ1n) is 9.97. The average molecular weight is 426 g/mol. The highest BCUT2D eigenvalue weighted by Gasteiger charge is 2.22. The summed E-state index contributed by atoms with van der Waals surface area (Å²) in [6.07, 6.45) is 0. The maximum absolute atomic E-state index is 13.1. The summed E-state index contributed by atoms with van der Waals surface area (Å²) in [5, 5.41) is 3.03. The summed E-state index contributed by atoms with van der Waals surface area (Å²) in [5.74, 6) is 0.488. The Balaban J connectivity index is 1.24. The van der Waals surface area contributed by atoms with Gasteiger partial charge in [0.1, 0.15) is 16.6 Å². The maximum Gasteiger partial charge on any atom is 0.260 e. The number of thiazole rings is 1. The molecule has 1 aromatic heterocycles. The zero-order chi connectivity index (χ0) is 20.9. The van der Waals surface area contributed by atoms with Gasteiger partial charge in [0.05, 0.1) is 12.2 Å². The van der Waals surface area contributed by atoms with Crippen molar-refractivity contribution in [3.05, 3.63) is 70.3 Å². The number of aryl methyl sites for hydroxylation is 1. The van der Waals surface area contributed by atoms with Crippen molar-refractivity contribution in [1.29, 1.82) is 0 Å². The lowest BCUT2D eigenvalue weighted by Gasteiger charge is -2.34. The average Bonchev–Trinajstić information content (AvgIpc) is 3.22. The molecule has 0 atom stereocenters. The lowest BCUT2D eigenvalue weighted by Crippen LogP contribution is -2.49. The highest BCUT2D eigenvalue weighted by molar-refractivity contribution is 7.09. The Labute approximate surface area is 179 Å². The molecule has 1 aliphatic rings. The number of aromatic nitrogens is 1. The Kier molecular flexibility index (Phi) is 6.40. The quantitative estimate of drug-likeness (QED) is 0.599. The number of piperazine rings is 1. The number of amides is 1. The van der Waals surface area contributed by atoms with Crippen LogP contribution in [0.2, 0.25) is 0 Å². The minimum atomic E-state index is -0.245. The number of benzene rings is 2. The summed E-state index contributed by atoms with van der Waals surface area (Å²) < 4.78 is 18.7. The zero-order valence-corrected chi connectivity index (χ0v) is 17.7. The van der Waals surface area contributed by atoms with E-state index in [2.05, 4.69) is 9.88 Å². The molecular weight excluding hydrogens is 401 g/mol. The summed E-state index contributed by atoms with van der Waals surface area (Å²) in [6, 6.07) is 14.1. The molecule has 2 aromatic carbocycles. The fraction of sp³-hybridized carbons (Fsp3) is 0.304. The van der Waals surface area contributed by atoms with Crippen molar-refractivity contribution in [3.63, 3.8) is 0 Å². The van der Waals surface area contributed by atoms with Crippen molar-refractivity contribution < 1.29 is 13.9 Å². The first-order valence-corrected chi connectivity index (χ1v) is 10.8. The van der Waals surface area contributed by atoms with Gasteiger partial charge in [-0.05, 0) is 43.3 Å². The summed E-state index contributed by atoms with van der Waals surface area (Å²) in [5.41, 5.74) is 2.95. The molecule has 1 amide bonds. The van der Waals surface area contributed by atoms with E-state index in [0.29, 0.717) is 18.8 Å². The topological polar surface area (TPSA) is 45.7 Å². The van der Waals surface area contributed by atoms with Gasteiger partial charge in [-0.15, -0.1) is 11.3 Å². The number of hydrogen-bond acceptors (Lipinski definition) is 5. The Hall–Kier alpha value is -2.77. The smallest absolute Gasteiger partial charge is 0.260 e. The summed E-state index contributed by atoms with van der Waals surface area (Å²) >= 11 is 1.61. The minimum Gasteiger partial charge on any atom is -0.484 e. The molecule has 30 heavy (non-hydrogen) atoms. The van der Waals surface area contributed by atoms with Crippen LogP contribution in [-0.4, -0.2) is 53.5 Å². The molecule has 1 fully saturated rings. The molecule has 3 aromatic rings. The van der Waals surface area contributed by atoms with Crippen molar-refractivity contribution in [3.8, 4) is 17.0 Å². The van der Waals surface area contributed by atoms with Crippen LogP contribution in [0.3, 0.4) is 0 Å². The SMILES string of the molecule is Cc1ccc(OCC(=O)N2CCN(Cc3nc(-c4ccc(F)cc4)cs3)CC2)cc1. The third kappa shape index (κ3) is 5.23. The van der Waals surface area contributed by atoms with Gasteiger partial charge in [-0.3, -0.25) is 9.69 Å². The second-order valence-corrected chi connectivity index (χ2v) is 8.33. The number of hydrogen-bond donors (Lipinski definition) is 0. The van der Waals surface area contributed by atoms with Crippen molar-refractivity contribution in [1.82, 2.24) is 14.8 Å². The van der Waals surface area contributed by atoms with Crippen molar-refractivity contribution in [2.24, 2.45) is 0 Å². The van der Waals surface area contributed by atoms with Crippen LogP contribution in [0.5, 0.6) is 5.75 Å². The summed E-state index contributed by atoms with van der Waals surface area (Å²) in [6.45, 7) is 5.83. The molecule has 1 aliphatic heterocycles. The van der Waals surface area contributed by atoms with Crippen LogP contribution in [0.25, 0.3) is 11.3 Å². The highest BCUT2D eigenvalue weighted by atomic mass is 32.1. The zero-order valence-electron chi connectivity index (χ0n) is 16.9. The molecule has 0 radical (unpaired) electrons. The second-order valence-electron chi connectivity index (χ2n) is 7.39. The van der Waals surface area contributed by atoms with Gasteiger partial charge < -0.3 is 9.64 Å². The van der Waals surface area contributed by atoms with E-state index in [-0.39, 0.29) is 18.3 Å². The molecule has 1 saturated heterocycles. The molecule has 0 aliphatic carbocycles. The van der Waals surface area contributed by atoms with E-state index < -0.39 is 0 Å². The minimum absolute atomic E-state index is 0.0167. The van der Waals surface area contributed by atoms with Gasteiger partial charge in [0.25, 0.3) is 5.91 Å². The number of ether oxygens (including phenoxy) is 1. The Bertz CT molecular complexity index is 980. The van der Waals surface area contributed by atoms with Crippen molar-refractivity contribution >= 4 is 17.2 Å². The van der Waals surface area contributed by atoms with Gasteiger partial charge in [0, 0.05) is 37.1 Å². The molecule has 0 unspecified atom stereocenters. The molecule has 7 heteroatoms. The lowest BCUT2D eigenvalue weighted by atomic mass is 10.2. The van der Waals surface area contributed by atoms with Crippen molar-refractivity contribution in [2.75, 3.05) is 32.8 Å². The molecule has 0 bridgehead atoms. The van der Waals surface area contributed by atoms with E-state index in [4.69, 9.17) is 4.74 Å². The molecule has 4 rings (SSSR count). The highest BCUT2D eigenvalue weighted by Crippen LogP contribution is 2.23. The van der Waals surface area contributed by atoms with Gasteiger partial charge >= 0.3 is 0 Å². The molecular formula is C23H24FN3O2S. The normalized spacial score (nSPS) is 14.7. The van der Waals surface area contributed by atoms with Crippen LogP contribution < -0.4 is 4.74 Å². The number of nitrogens with zero attached hydrogens (tertiary/aromatic N) is 3.